The van der Waals surface area contributed by atoms with E-state index in [4.69, 9.17) is 0 Å². The highest BCUT2D eigenvalue weighted by molar-refractivity contribution is 7.99. The first-order chi connectivity index (χ1) is 12.4. The Morgan fingerprint density at radius 1 is 1.22 bits per heavy atom. The van der Waals surface area contributed by atoms with Crippen molar-refractivity contribution in [3.05, 3.63) is 29.8 Å². The van der Waals surface area contributed by atoms with Gasteiger partial charge in [0, 0.05) is 24.4 Å². The van der Waals surface area contributed by atoms with Crippen LogP contribution in [0.1, 0.15) is 24.2 Å². The Morgan fingerprint density at radius 2 is 1.78 bits per heavy atom. The molecule has 6 nitrogen and oxygen atoms in total. The minimum Gasteiger partial charge on any atom is -0.342 e. The highest BCUT2D eigenvalue weighted by atomic mass is 32.2. The maximum atomic E-state index is 12.7. The van der Waals surface area contributed by atoms with E-state index in [1.165, 1.54) is 21.6 Å². The van der Waals surface area contributed by atoms with Gasteiger partial charge >= 0.3 is 5.51 Å². The molecule has 1 fully saturated rings. The smallest absolute Gasteiger partial charge is 0.342 e. The first-order valence-corrected chi connectivity index (χ1v) is 10.6. The zero-order chi connectivity index (χ0) is 20.6. The minimum absolute atomic E-state index is 0.0172. The molecule has 1 aromatic carbocycles. The van der Waals surface area contributed by atoms with Crippen molar-refractivity contribution in [2.24, 2.45) is 0 Å². The average Bonchev–Trinajstić information content (AvgIpc) is 3.08. The van der Waals surface area contributed by atoms with E-state index in [0.717, 1.165) is 24.3 Å². The summed E-state index contributed by atoms with van der Waals surface area (Å²) in [6.07, 6.45) is 0. The quantitative estimate of drug-likeness (QED) is 0.742. The fourth-order valence-corrected chi connectivity index (χ4v) is 4.32. The monoisotopic (exact) mass is 424 g/mol. The molecule has 0 saturated carbocycles. The van der Waals surface area contributed by atoms with E-state index < -0.39 is 32.2 Å². The van der Waals surface area contributed by atoms with E-state index in [2.05, 4.69) is 0 Å². The van der Waals surface area contributed by atoms with Crippen molar-refractivity contribution in [1.29, 1.82) is 0 Å². The number of benzene rings is 1. The summed E-state index contributed by atoms with van der Waals surface area (Å²) in [5, 5.41) is 0. The SMILES string of the molecule is CC(C)N(C)C(=O)C1CSCN1C(=O)c1ccc(S(=O)(=O)C(F)(F)F)cc1. The van der Waals surface area contributed by atoms with Gasteiger partial charge in [-0.05, 0) is 38.1 Å². The topological polar surface area (TPSA) is 74.8 Å². The van der Waals surface area contributed by atoms with Gasteiger partial charge < -0.3 is 9.80 Å². The van der Waals surface area contributed by atoms with Crippen molar-refractivity contribution in [3.8, 4) is 0 Å². The van der Waals surface area contributed by atoms with Crippen LogP contribution in [0.5, 0.6) is 0 Å². The Kier molecular flexibility index (Phi) is 6.15. The molecule has 1 unspecified atom stereocenters. The van der Waals surface area contributed by atoms with Gasteiger partial charge in [-0.15, -0.1) is 11.8 Å². The molecule has 2 amide bonds. The second-order valence-electron chi connectivity index (χ2n) is 6.31. The van der Waals surface area contributed by atoms with E-state index in [0.29, 0.717) is 5.75 Å². The number of likely N-dealkylation sites (N-methyl/N-ethyl adjacent to an activating group) is 1. The molecule has 1 heterocycles. The fraction of sp³-hybridized carbons (Fsp3) is 0.500. The van der Waals surface area contributed by atoms with Gasteiger partial charge in [0.05, 0.1) is 10.8 Å². The summed E-state index contributed by atoms with van der Waals surface area (Å²) >= 11 is 1.39. The van der Waals surface area contributed by atoms with Crippen LogP contribution < -0.4 is 0 Å². The molecule has 0 spiro atoms. The summed E-state index contributed by atoms with van der Waals surface area (Å²) < 4.78 is 60.6. The lowest BCUT2D eigenvalue weighted by Crippen LogP contribution is -2.49. The number of sulfone groups is 1. The van der Waals surface area contributed by atoms with Crippen LogP contribution in [0.25, 0.3) is 0 Å². The Balaban J connectivity index is 2.24. The second-order valence-corrected chi connectivity index (χ2v) is 9.25. The lowest BCUT2D eigenvalue weighted by molar-refractivity contribution is -0.135. The number of rotatable bonds is 4. The van der Waals surface area contributed by atoms with Crippen LogP contribution >= 0.6 is 11.8 Å². The molecule has 1 atom stereocenters. The van der Waals surface area contributed by atoms with Gasteiger partial charge in [-0.25, -0.2) is 8.42 Å². The van der Waals surface area contributed by atoms with Crippen molar-refractivity contribution in [2.75, 3.05) is 18.7 Å². The fourth-order valence-electron chi connectivity index (χ4n) is 2.41. The third-order valence-electron chi connectivity index (χ3n) is 4.27. The van der Waals surface area contributed by atoms with Gasteiger partial charge in [-0.1, -0.05) is 0 Å². The first kappa shape index (κ1) is 21.5. The van der Waals surface area contributed by atoms with E-state index in [9.17, 15) is 31.2 Å². The lowest BCUT2D eigenvalue weighted by atomic mass is 10.1. The number of nitrogens with zero attached hydrogens (tertiary/aromatic N) is 2. The predicted molar refractivity (Wildman–Crippen MR) is 94.9 cm³/mol. The molecule has 1 aliphatic rings. The second kappa shape index (κ2) is 7.70. The third-order valence-corrected chi connectivity index (χ3v) is 6.78. The molecule has 1 aliphatic heterocycles. The summed E-state index contributed by atoms with van der Waals surface area (Å²) in [4.78, 5) is 27.2. The average molecular weight is 424 g/mol. The molecule has 1 saturated heterocycles. The molecule has 11 heteroatoms. The van der Waals surface area contributed by atoms with Crippen LogP contribution in [-0.2, 0) is 14.6 Å². The molecular formula is C16H19F3N2O4S2. The normalized spacial score (nSPS) is 18.0. The van der Waals surface area contributed by atoms with Crippen LogP contribution in [0.15, 0.2) is 29.2 Å². The third kappa shape index (κ3) is 4.23. The number of carbonyl (C=O) groups excluding carboxylic acids is 2. The summed E-state index contributed by atoms with van der Waals surface area (Å²) in [5.41, 5.74) is -5.40. The Hall–Kier alpha value is -1.75. The van der Waals surface area contributed by atoms with Crippen LogP contribution in [0, 0.1) is 0 Å². The maximum absolute atomic E-state index is 12.7. The number of hydrogen-bond donors (Lipinski definition) is 0. The molecule has 1 aromatic rings. The van der Waals surface area contributed by atoms with E-state index in [1.807, 2.05) is 13.8 Å². The van der Waals surface area contributed by atoms with Gasteiger partial charge in [0.15, 0.2) is 0 Å². The zero-order valence-electron chi connectivity index (χ0n) is 14.9. The Morgan fingerprint density at radius 3 is 2.26 bits per heavy atom. The summed E-state index contributed by atoms with van der Waals surface area (Å²) in [5.74, 6) is -0.0718. The zero-order valence-corrected chi connectivity index (χ0v) is 16.5. The molecule has 0 aliphatic carbocycles. The maximum Gasteiger partial charge on any atom is 0.501 e. The van der Waals surface area contributed by atoms with Gasteiger partial charge in [0.25, 0.3) is 15.7 Å². The number of alkyl halides is 3. The molecular weight excluding hydrogens is 405 g/mol. The molecule has 27 heavy (non-hydrogen) atoms. The van der Waals surface area contributed by atoms with E-state index in [1.54, 1.807) is 7.05 Å². The van der Waals surface area contributed by atoms with Crippen molar-refractivity contribution in [1.82, 2.24) is 9.80 Å². The molecule has 0 aromatic heterocycles. The number of carbonyl (C=O) groups is 2. The standard InChI is InChI=1S/C16H19F3N2O4S2/c1-10(2)20(3)15(23)13-8-26-9-21(13)14(22)11-4-6-12(7-5-11)27(24,25)16(17,18)19/h4-7,10,13H,8-9H2,1-3H3. The number of hydrogen-bond acceptors (Lipinski definition) is 5. The molecule has 150 valence electrons. The summed E-state index contributed by atoms with van der Waals surface area (Å²) in [6.45, 7) is 3.68. The van der Waals surface area contributed by atoms with E-state index in [-0.39, 0.29) is 23.4 Å². The number of halogens is 3. The predicted octanol–water partition coefficient (Wildman–Crippen LogP) is 2.36. The molecule has 0 radical (unpaired) electrons. The van der Waals surface area contributed by atoms with Crippen molar-refractivity contribution < 1.29 is 31.2 Å². The highest BCUT2D eigenvalue weighted by Crippen LogP contribution is 2.31. The summed E-state index contributed by atoms with van der Waals surface area (Å²) in [6, 6.07) is 2.82. The number of amides is 2. The van der Waals surface area contributed by atoms with Crippen LogP contribution in [0.4, 0.5) is 13.2 Å². The van der Waals surface area contributed by atoms with Crippen molar-refractivity contribution in [2.45, 2.75) is 36.3 Å². The van der Waals surface area contributed by atoms with Gasteiger partial charge in [-0.3, -0.25) is 9.59 Å². The van der Waals surface area contributed by atoms with Gasteiger partial charge in [-0.2, -0.15) is 13.2 Å². The van der Waals surface area contributed by atoms with Gasteiger partial charge in [0.2, 0.25) is 5.91 Å². The molecule has 0 N–H and O–H groups in total. The minimum atomic E-state index is -5.47. The highest BCUT2D eigenvalue weighted by Gasteiger charge is 2.47. The van der Waals surface area contributed by atoms with Crippen molar-refractivity contribution >= 4 is 33.4 Å². The first-order valence-electron chi connectivity index (χ1n) is 7.94. The van der Waals surface area contributed by atoms with E-state index >= 15 is 0 Å². The Labute approximate surface area is 159 Å². The van der Waals surface area contributed by atoms with Crippen molar-refractivity contribution in [3.63, 3.8) is 0 Å². The van der Waals surface area contributed by atoms with Gasteiger partial charge in [0.1, 0.15) is 6.04 Å². The molecule has 0 bridgehead atoms. The largest absolute Gasteiger partial charge is 0.501 e. The Bertz CT molecular complexity index is 823. The lowest BCUT2D eigenvalue weighted by Gasteiger charge is -2.29. The van der Waals surface area contributed by atoms with Crippen LogP contribution in [0.2, 0.25) is 0 Å². The van der Waals surface area contributed by atoms with Crippen LogP contribution in [-0.4, -0.2) is 66.3 Å². The van der Waals surface area contributed by atoms with Crippen LogP contribution in [0.3, 0.4) is 0 Å². The molecule has 2 rings (SSSR count). The number of thioether (sulfide) groups is 1. The summed E-state index contributed by atoms with van der Waals surface area (Å²) in [7, 11) is -3.84.